The highest BCUT2D eigenvalue weighted by molar-refractivity contribution is 7.98. The third kappa shape index (κ3) is 4.12. The van der Waals surface area contributed by atoms with Gasteiger partial charge in [-0.25, -0.2) is 15.0 Å². The van der Waals surface area contributed by atoms with Gasteiger partial charge in [0.05, 0.1) is 6.33 Å². The molecule has 0 aliphatic carbocycles. The lowest BCUT2D eigenvalue weighted by atomic mass is 10.3. The number of thioether (sulfide) groups is 1. The molecular weight excluding hydrogens is 246 g/mol. The molecule has 0 atom stereocenters. The first-order valence-corrected chi connectivity index (χ1v) is 7.12. The third-order valence-corrected chi connectivity index (χ3v) is 3.10. The maximum atomic E-state index is 4.24. The fourth-order valence-corrected chi connectivity index (χ4v) is 1.89. The third-order valence-electron chi connectivity index (χ3n) is 2.52. The van der Waals surface area contributed by atoms with Crippen LogP contribution in [0.15, 0.2) is 36.3 Å². The van der Waals surface area contributed by atoms with Gasteiger partial charge in [0.2, 0.25) is 0 Å². The minimum Gasteiger partial charge on any atom is -0.337 e. The van der Waals surface area contributed by atoms with Crippen LogP contribution in [-0.4, -0.2) is 32.3 Å². The van der Waals surface area contributed by atoms with Crippen LogP contribution in [0.4, 0.5) is 0 Å². The van der Waals surface area contributed by atoms with Gasteiger partial charge in [0, 0.05) is 43.4 Å². The first-order chi connectivity index (χ1) is 8.88. The van der Waals surface area contributed by atoms with Crippen LogP contribution in [0, 0.1) is 0 Å². The molecule has 2 rings (SSSR count). The van der Waals surface area contributed by atoms with E-state index in [0.29, 0.717) is 0 Å². The molecule has 0 aliphatic rings. The minimum atomic E-state index is 0.818. The van der Waals surface area contributed by atoms with Crippen molar-refractivity contribution in [2.45, 2.75) is 24.7 Å². The molecule has 1 N–H and O–H groups in total. The fourth-order valence-electron chi connectivity index (χ4n) is 1.58. The molecule has 2 aromatic heterocycles. The zero-order valence-corrected chi connectivity index (χ0v) is 11.2. The SMILES string of the molecule is CSc1ncc(CNCCCn2ccnc2)cn1. The monoisotopic (exact) mass is 263 g/mol. The molecule has 0 aliphatic heterocycles. The predicted molar refractivity (Wildman–Crippen MR) is 72.4 cm³/mol. The van der Waals surface area contributed by atoms with Gasteiger partial charge in [-0.1, -0.05) is 11.8 Å². The van der Waals surface area contributed by atoms with Crippen LogP contribution in [0.2, 0.25) is 0 Å². The lowest BCUT2D eigenvalue weighted by Crippen LogP contribution is -2.16. The average molecular weight is 263 g/mol. The molecule has 0 bridgehead atoms. The number of rotatable bonds is 7. The van der Waals surface area contributed by atoms with Crippen LogP contribution in [0.25, 0.3) is 0 Å². The second-order valence-corrected chi connectivity index (χ2v) is 4.68. The number of hydrogen-bond donors (Lipinski definition) is 1. The number of hydrogen-bond acceptors (Lipinski definition) is 5. The highest BCUT2D eigenvalue weighted by Gasteiger charge is 1.96. The Kier molecular flexibility index (Phi) is 5.16. The van der Waals surface area contributed by atoms with Gasteiger partial charge in [-0.2, -0.15) is 0 Å². The van der Waals surface area contributed by atoms with E-state index in [1.807, 2.05) is 31.2 Å². The van der Waals surface area contributed by atoms with Crippen molar-refractivity contribution >= 4 is 11.8 Å². The Labute approximate surface area is 111 Å². The lowest BCUT2D eigenvalue weighted by molar-refractivity contribution is 0.579. The van der Waals surface area contributed by atoms with Gasteiger partial charge in [-0.05, 0) is 19.2 Å². The van der Waals surface area contributed by atoms with Crippen molar-refractivity contribution in [1.82, 2.24) is 24.8 Å². The number of aryl methyl sites for hydroxylation is 1. The molecule has 0 saturated heterocycles. The van der Waals surface area contributed by atoms with E-state index in [-0.39, 0.29) is 0 Å². The quantitative estimate of drug-likeness (QED) is 0.467. The van der Waals surface area contributed by atoms with Crippen molar-refractivity contribution in [2.75, 3.05) is 12.8 Å². The summed E-state index contributed by atoms with van der Waals surface area (Å²) in [5.41, 5.74) is 1.12. The summed E-state index contributed by atoms with van der Waals surface area (Å²) in [5, 5.41) is 4.20. The summed E-state index contributed by atoms with van der Waals surface area (Å²) in [6, 6.07) is 0. The molecule has 18 heavy (non-hydrogen) atoms. The lowest BCUT2D eigenvalue weighted by Gasteiger charge is -2.05. The zero-order valence-electron chi connectivity index (χ0n) is 10.4. The van der Waals surface area contributed by atoms with Gasteiger partial charge in [-0.3, -0.25) is 0 Å². The highest BCUT2D eigenvalue weighted by Crippen LogP contribution is 2.06. The van der Waals surface area contributed by atoms with Crippen LogP contribution in [0.3, 0.4) is 0 Å². The Balaban J connectivity index is 1.62. The maximum absolute atomic E-state index is 4.24. The smallest absolute Gasteiger partial charge is 0.187 e. The average Bonchev–Trinajstić information content (AvgIpc) is 2.92. The maximum Gasteiger partial charge on any atom is 0.187 e. The summed E-state index contributed by atoms with van der Waals surface area (Å²) in [6.07, 6.45) is 12.4. The van der Waals surface area contributed by atoms with Gasteiger partial charge in [-0.15, -0.1) is 0 Å². The summed E-state index contributed by atoms with van der Waals surface area (Å²) in [7, 11) is 0. The minimum absolute atomic E-state index is 0.818. The van der Waals surface area contributed by atoms with Gasteiger partial charge in [0.1, 0.15) is 0 Å². The Morgan fingerprint density at radius 2 is 2.17 bits per heavy atom. The second-order valence-electron chi connectivity index (χ2n) is 3.91. The zero-order chi connectivity index (χ0) is 12.6. The summed E-state index contributed by atoms with van der Waals surface area (Å²) in [6.45, 7) is 2.79. The second kappa shape index (κ2) is 7.13. The molecule has 2 heterocycles. The van der Waals surface area contributed by atoms with E-state index in [2.05, 4.69) is 24.8 Å². The van der Waals surface area contributed by atoms with E-state index in [1.54, 1.807) is 18.0 Å². The van der Waals surface area contributed by atoms with E-state index >= 15 is 0 Å². The van der Waals surface area contributed by atoms with Crippen molar-refractivity contribution in [3.8, 4) is 0 Å². The van der Waals surface area contributed by atoms with E-state index in [4.69, 9.17) is 0 Å². The standard InChI is InChI=1S/C12H17N5S/c1-18-12-15-8-11(9-16-12)7-13-3-2-5-17-6-4-14-10-17/h4,6,8-10,13H,2-3,5,7H2,1H3. The van der Waals surface area contributed by atoms with Gasteiger partial charge in [0.25, 0.3) is 0 Å². The Hall–Kier alpha value is -1.40. The van der Waals surface area contributed by atoms with E-state index in [1.165, 1.54) is 0 Å². The molecule has 5 nitrogen and oxygen atoms in total. The van der Waals surface area contributed by atoms with Crippen LogP contribution >= 0.6 is 11.8 Å². The molecule has 0 unspecified atom stereocenters. The number of nitrogens with one attached hydrogen (secondary N) is 1. The highest BCUT2D eigenvalue weighted by atomic mass is 32.2. The summed E-state index contributed by atoms with van der Waals surface area (Å²) in [4.78, 5) is 12.5. The largest absolute Gasteiger partial charge is 0.337 e. The van der Waals surface area contributed by atoms with E-state index in [9.17, 15) is 0 Å². The molecule has 2 aromatic rings. The van der Waals surface area contributed by atoms with E-state index < -0.39 is 0 Å². The van der Waals surface area contributed by atoms with Crippen molar-refractivity contribution in [2.24, 2.45) is 0 Å². The fraction of sp³-hybridized carbons (Fsp3) is 0.417. The summed E-state index contributed by atoms with van der Waals surface area (Å²) in [5.74, 6) is 0. The normalized spacial score (nSPS) is 10.7. The molecule has 0 fully saturated rings. The molecule has 0 aromatic carbocycles. The van der Waals surface area contributed by atoms with Crippen LogP contribution in [-0.2, 0) is 13.1 Å². The molecular formula is C12H17N5S. The molecule has 0 radical (unpaired) electrons. The van der Waals surface area contributed by atoms with E-state index in [0.717, 1.165) is 36.8 Å². The van der Waals surface area contributed by atoms with Gasteiger partial charge in [0.15, 0.2) is 5.16 Å². The predicted octanol–water partition coefficient (Wildman–Crippen LogP) is 1.57. The molecule has 6 heteroatoms. The van der Waals surface area contributed by atoms with Crippen molar-refractivity contribution in [3.05, 3.63) is 36.7 Å². The molecule has 0 amide bonds. The van der Waals surface area contributed by atoms with Crippen LogP contribution in [0.1, 0.15) is 12.0 Å². The summed E-state index contributed by atoms with van der Waals surface area (Å²) >= 11 is 1.56. The topological polar surface area (TPSA) is 55.6 Å². The number of aromatic nitrogens is 4. The van der Waals surface area contributed by atoms with Gasteiger partial charge < -0.3 is 9.88 Å². The van der Waals surface area contributed by atoms with Crippen molar-refractivity contribution < 1.29 is 0 Å². The molecule has 0 spiro atoms. The number of imidazole rings is 1. The molecule has 96 valence electrons. The Bertz CT molecular complexity index is 440. The Morgan fingerprint density at radius 1 is 1.33 bits per heavy atom. The first kappa shape index (κ1) is 13.0. The molecule has 0 saturated carbocycles. The van der Waals surface area contributed by atoms with Gasteiger partial charge >= 0.3 is 0 Å². The summed E-state index contributed by atoms with van der Waals surface area (Å²) < 4.78 is 2.08. The van der Waals surface area contributed by atoms with Crippen molar-refractivity contribution in [1.29, 1.82) is 0 Å². The van der Waals surface area contributed by atoms with Crippen molar-refractivity contribution in [3.63, 3.8) is 0 Å². The first-order valence-electron chi connectivity index (χ1n) is 5.90. The van der Waals surface area contributed by atoms with Crippen LogP contribution in [0.5, 0.6) is 0 Å². The van der Waals surface area contributed by atoms with Crippen LogP contribution < -0.4 is 5.32 Å². The number of nitrogens with zero attached hydrogens (tertiary/aromatic N) is 4. The Morgan fingerprint density at radius 3 is 2.83 bits per heavy atom.